The summed E-state index contributed by atoms with van der Waals surface area (Å²) in [6, 6.07) is 19.8. The smallest absolute Gasteiger partial charge is 0.383 e. The average molecular weight is 525 g/mol. The van der Waals surface area contributed by atoms with Crippen molar-refractivity contribution in [1.29, 1.82) is 0 Å². The molecule has 0 aliphatic carbocycles. The molecule has 0 aliphatic rings. The van der Waals surface area contributed by atoms with Gasteiger partial charge in [0.1, 0.15) is 12.2 Å². The maximum Gasteiger partial charge on any atom is 0.484 e. The Morgan fingerprint density at radius 1 is 1.03 bits per heavy atom. The molecule has 0 radical (unpaired) electrons. The summed E-state index contributed by atoms with van der Waals surface area (Å²) in [4.78, 5) is 25.3. The van der Waals surface area contributed by atoms with Crippen LogP contribution in [0.1, 0.15) is 36.5 Å². The van der Waals surface area contributed by atoms with Crippen LogP contribution in [0.2, 0.25) is 0 Å². The Balaban J connectivity index is 1.54. The Bertz CT molecular complexity index is 1320. The van der Waals surface area contributed by atoms with Gasteiger partial charge in [-0.2, -0.15) is 13.2 Å². The first-order chi connectivity index (χ1) is 18.0. The number of rotatable bonds is 8. The number of nitrogens with two attached hydrogens (primary N) is 1. The summed E-state index contributed by atoms with van der Waals surface area (Å²) >= 11 is 0. The number of alkyl halides is 3. The van der Waals surface area contributed by atoms with E-state index in [9.17, 15) is 18.0 Å². The second-order valence-electron chi connectivity index (χ2n) is 8.40. The lowest BCUT2D eigenvalue weighted by atomic mass is 10.0. The van der Waals surface area contributed by atoms with Crippen molar-refractivity contribution in [3.63, 3.8) is 0 Å². The molecular weight excluding hydrogens is 497 g/mol. The van der Waals surface area contributed by atoms with E-state index in [2.05, 4.69) is 20.5 Å². The minimum absolute atomic E-state index is 0.00872. The van der Waals surface area contributed by atoms with Gasteiger partial charge in [-0.3, -0.25) is 15.1 Å². The number of amidine groups is 1. The number of hydrogen-bond acceptors (Lipinski definition) is 5. The van der Waals surface area contributed by atoms with Gasteiger partial charge in [0, 0.05) is 24.0 Å². The molecule has 0 spiro atoms. The topological polar surface area (TPSA) is 105 Å². The van der Waals surface area contributed by atoms with Crippen LogP contribution in [0.15, 0.2) is 87.9 Å². The Labute approximate surface area is 218 Å². The van der Waals surface area contributed by atoms with Gasteiger partial charge in [-0.1, -0.05) is 61.5 Å². The Kier molecular flexibility index (Phi) is 9.20. The first kappa shape index (κ1) is 27.9. The van der Waals surface area contributed by atoms with Crippen LogP contribution >= 0.6 is 0 Å². The number of nitrogens with zero attached hydrogens (tertiary/aromatic N) is 4. The number of oxime groups is 1. The predicted octanol–water partition coefficient (Wildman–Crippen LogP) is 6.41. The van der Waals surface area contributed by atoms with Gasteiger partial charge in [0.25, 0.3) is 0 Å². The van der Waals surface area contributed by atoms with E-state index < -0.39 is 12.4 Å². The van der Waals surface area contributed by atoms with Crippen LogP contribution in [0.25, 0.3) is 0 Å². The van der Waals surface area contributed by atoms with E-state index >= 15 is 0 Å². The highest BCUT2D eigenvalue weighted by Crippen LogP contribution is 2.28. The highest BCUT2D eigenvalue weighted by Gasteiger charge is 2.34. The number of nitrogens with one attached hydrogen (secondary N) is 1. The summed E-state index contributed by atoms with van der Waals surface area (Å²) < 4.78 is 38.2. The highest BCUT2D eigenvalue weighted by atomic mass is 19.4. The van der Waals surface area contributed by atoms with Gasteiger partial charge >= 0.3 is 12.4 Å². The maximum atomic E-state index is 12.7. The van der Waals surface area contributed by atoms with Gasteiger partial charge in [-0.25, -0.2) is 14.8 Å². The molecule has 0 heterocycles. The predicted molar refractivity (Wildman–Crippen MR) is 144 cm³/mol. The number of anilines is 2. The van der Waals surface area contributed by atoms with Crippen molar-refractivity contribution in [2.75, 3.05) is 17.3 Å². The molecule has 0 aromatic heterocycles. The quantitative estimate of drug-likeness (QED) is 0.117. The number of para-hydroxylation sites is 1. The molecule has 198 valence electrons. The van der Waals surface area contributed by atoms with Crippen molar-refractivity contribution in [2.24, 2.45) is 20.9 Å². The van der Waals surface area contributed by atoms with Gasteiger partial charge in [0.15, 0.2) is 0 Å². The molecule has 0 aliphatic heterocycles. The summed E-state index contributed by atoms with van der Waals surface area (Å²) in [5.41, 5.74) is 9.32. The first-order valence-electron chi connectivity index (χ1n) is 11.5. The number of benzene rings is 3. The molecular formula is C27H27F3N6O2. The minimum atomic E-state index is -4.47. The number of amides is 1. The van der Waals surface area contributed by atoms with Crippen LogP contribution in [0, 0.1) is 0 Å². The second-order valence-corrected chi connectivity index (χ2v) is 8.40. The van der Waals surface area contributed by atoms with Crippen LogP contribution in [0.5, 0.6) is 0 Å². The monoisotopic (exact) mass is 524 g/mol. The maximum absolute atomic E-state index is 12.7. The van der Waals surface area contributed by atoms with Crippen molar-refractivity contribution < 1.29 is 22.8 Å². The van der Waals surface area contributed by atoms with Crippen LogP contribution in [-0.2, 0) is 4.84 Å². The molecule has 38 heavy (non-hydrogen) atoms. The van der Waals surface area contributed by atoms with Crippen molar-refractivity contribution in [1.82, 2.24) is 0 Å². The van der Waals surface area contributed by atoms with Crippen molar-refractivity contribution in [3.8, 4) is 0 Å². The molecule has 0 atom stereocenters. The van der Waals surface area contributed by atoms with Crippen molar-refractivity contribution >= 4 is 41.5 Å². The lowest BCUT2D eigenvalue weighted by Crippen LogP contribution is -2.33. The van der Waals surface area contributed by atoms with Gasteiger partial charge in [0.05, 0.1) is 11.9 Å². The molecule has 3 N–H and O–H groups in total. The summed E-state index contributed by atoms with van der Waals surface area (Å²) in [6.45, 7) is 4.06. The number of carbonyl (C=O) groups excluding carboxylic acids is 1. The van der Waals surface area contributed by atoms with Gasteiger partial charge < -0.3 is 5.73 Å². The minimum Gasteiger partial charge on any atom is -0.383 e. The lowest BCUT2D eigenvalue weighted by Gasteiger charge is -2.21. The van der Waals surface area contributed by atoms with Crippen LogP contribution in [-0.4, -0.2) is 37.8 Å². The Morgan fingerprint density at radius 3 is 2.32 bits per heavy atom. The molecule has 1 amide bonds. The van der Waals surface area contributed by atoms with E-state index in [0.717, 1.165) is 12.6 Å². The second kappa shape index (κ2) is 12.5. The summed E-state index contributed by atoms with van der Waals surface area (Å²) in [6.07, 6.45) is -2.57. The van der Waals surface area contributed by atoms with Crippen LogP contribution in [0.4, 0.5) is 35.0 Å². The van der Waals surface area contributed by atoms with E-state index in [1.807, 2.05) is 32.0 Å². The average Bonchev–Trinajstić information content (AvgIpc) is 2.88. The Hall–Kier alpha value is -4.67. The van der Waals surface area contributed by atoms with E-state index in [1.165, 1.54) is 36.8 Å². The fraction of sp³-hybridized carbons (Fsp3) is 0.185. The van der Waals surface area contributed by atoms with E-state index in [-0.39, 0.29) is 22.3 Å². The molecule has 8 nitrogen and oxygen atoms in total. The summed E-state index contributed by atoms with van der Waals surface area (Å²) in [5, 5.41) is 6.40. The zero-order valence-electron chi connectivity index (χ0n) is 21.0. The summed E-state index contributed by atoms with van der Waals surface area (Å²) in [5.74, 6) is 0.418. The van der Waals surface area contributed by atoms with Crippen LogP contribution in [0.3, 0.4) is 0 Å². The number of carbonyl (C=O) groups is 1. The lowest BCUT2D eigenvalue weighted by molar-refractivity contribution is -0.125. The Morgan fingerprint density at radius 2 is 1.68 bits per heavy atom. The molecule has 3 aromatic rings. The molecule has 0 fully saturated rings. The molecule has 11 heteroatoms. The molecule has 0 bridgehead atoms. The molecule has 3 rings (SSSR count). The van der Waals surface area contributed by atoms with Gasteiger partial charge in [0.2, 0.25) is 0 Å². The SMILES string of the molecule is CC(C)c1ccccc1NC(=O)O/N=C/c1ccc(C(N)=NC=Nc2ccc(N(C)C(F)(F)F)cc2)cc1. The first-order valence-corrected chi connectivity index (χ1v) is 11.5. The molecule has 0 unspecified atom stereocenters. The third-order valence-corrected chi connectivity index (χ3v) is 5.38. The number of halogens is 3. The number of hydrogen-bond donors (Lipinski definition) is 2. The van der Waals surface area contributed by atoms with E-state index in [1.54, 1.807) is 30.3 Å². The number of aliphatic imine (C=N–C) groups is 2. The van der Waals surface area contributed by atoms with E-state index in [0.29, 0.717) is 22.5 Å². The fourth-order valence-electron chi connectivity index (χ4n) is 3.26. The van der Waals surface area contributed by atoms with Crippen molar-refractivity contribution in [3.05, 3.63) is 89.5 Å². The zero-order valence-corrected chi connectivity index (χ0v) is 21.0. The van der Waals surface area contributed by atoms with Gasteiger partial charge in [-0.15, -0.1) is 0 Å². The molecule has 0 saturated carbocycles. The summed E-state index contributed by atoms with van der Waals surface area (Å²) in [7, 11) is 0.943. The third-order valence-electron chi connectivity index (χ3n) is 5.38. The normalized spacial score (nSPS) is 12.3. The van der Waals surface area contributed by atoms with Crippen LogP contribution < -0.4 is 16.0 Å². The standard InChI is InChI=1S/C27H27F3N6O2/c1-18(2)23-6-4-5-7-24(23)35-26(37)38-34-16-19-8-10-20(11-9-19)25(31)33-17-32-21-12-14-22(15-13-21)36(3)27(28,29)30/h4-18H,1-3H3,(H,35,37)(H2,31,32,33)/b34-16+. The van der Waals surface area contributed by atoms with Crippen molar-refractivity contribution in [2.45, 2.75) is 26.1 Å². The third kappa shape index (κ3) is 7.92. The fourth-order valence-corrected chi connectivity index (χ4v) is 3.26. The largest absolute Gasteiger partial charge is 0.484 e. The van der Waals surface area contributed by atoms with E-state index in [4.69, 9.17) is 10.6 Å². The van der Waals surface area contributed by atoms with Gasteiger partial charge in [-0.05, 0) is 47.4 Å². The molecule has 0 saturated heterocycles. The zero-order chi connectivity index (χ0) is 27.7. The molecule has 3 aromatic carbocycles. The highest BCUT2D eigenvalue weighted by molar-refractivity contribution is 6.01.